The third-order valence-electron chi connectivity index (χ3n) is 4.51. The Kier molecular flexibility index (Phi) is 4.88. The van der Waals surface area contributed by atoms with Crippen LogP contribution >= 0.6 is 23.2 Å². The summed E-state index contributed by atoms with van der Waals surface area (Å²) in [6.07, 6.45) is 0. The largest absolute Gasteiger partial charge is 0.505 e. The highest BCUT2D eigenvalue weighted by atomic mass is 35.5. The first-order chi connectivity index (χ1) is 12.6. The Morgan fingerprint density at radius 3 is 2.41 bits per heavy atom. The molecule has 2 N–H and O–H groups in total. The van der Waals surface area contributed by atoms with Gasteiger partial charge in [0.25, 0.3) is 5.91 Å². The highest BCUT2D eigenvalue weighted by molar-refractivity contribution is 6.42. The van der Waals surface area contributed by atoms with Crippen LogP contribution < -0.4 is 0 Å². The summed E-state index contributed by atoms with van der Waals surface area (Å²) in [7, 11) is 0. The molecule has 1 atom stereocenters. The average molecular weight is 410 g/mol. The van der Waals surface area contributed by atoms with Crippen LogP contribution in [0.3, 0.4) is 0 Å². The van der Waals surface area contributed by atoms with Crippen LogP contribution in [0, 0.1) is 12.7 Å². The highest BCUT2D eigenvalue weighted by Gasteiger charge is 2.29. The second-order valence-corrected chi connectivity index (χ2v) is 6.94. The molecular formula is C19H14Cl2FNO4. The van der Waals surface area contributed by atoms with E-state index >= 15 is 0 Å². The van der Waals surface area contributed by atoms with Gasteiger partial charge in [0.15, 0.2) is 11.6 Å². The molecule has 0 saturated heterocycles. The molecule has 0 radical (unpaired) electrons. The topological polar surface area (TPSA) is 79.5 Å². The average Bonchev–Trinajstić information content (AvgIpc) is 2.91. The Balaban J connectivity index is 2.35. The fourth-order valence-electron chi connectivity index (χ4n) is 3.15. The van der Waals surface area contributed by atoms with Gasteiger partial charge in [0.1, 0.15) is 0 Å². The predicted octanol–water partition coefficient (Wildman–Crippen LogP) is 4.98. The second-order valence-electron chi connectivity index (χ2n) is 6.12. The van der Waals surface area contributed by atoms with Crippen LogP contribution in [0.1, 0.15) is 34.5 Å². The smallest absolute Gasteiger partial charge is 0.310 e. The lowest BCUT2D eigenvalue weighted by Gasteiger charge is -2.10. The third-order valence-corrected chi connectivity index (χ3v) is 5.25. The first-order valence-electron chi connectivity index (χ1n) is 7.90. The number of phenols is 1. The maximum absolute atomic E-state index is 14.7. The van der Waals surface area contributed by atoms with Crippen LogP contribution in [0.5, 0.6) is 5.75 Å². The molecule has 5 nitrogen and oxygen atoms in total. The van der Waals surface area contributed by atoms with Gasteiger partial charge in [-0.3, -0.25) is 14.2 Å². The number of aliphatic carboxylic acids is 1. The summed E-state index contributed by atoms with van der Waals surface area (Å²) in [5.41, 5.74) is 0.745. The molecule has 0 fully saturated rings. The standard InChI is InChI=1S/C19H14Cl2FNO4/c1-8(19(26)27)15-9(2)23(13-5-6-14(24)17(22)16(13)15)18(25)10-3-4-11(20)12(21)7-10/h3-8,24H,1-2H3,(H,26,27). The number of nitrogens with zero attached hydrogens (tertiary/aromatic N) is 1. The molecule has 0 aliphatic rings. The van der Waals surface area contributed by atoms with Crippen LogP contribution in [-0.2, 0) is 4.79 Å². The third kappa shape index (κ3) is 3.05. The Morgan fingerprint density at radius 1 is 1.15 bits per heavy atom. The summed E-state index contributed by atoms with van der Waals surface area (Å²) in [6, 6.07) is 6.80. The number of carbonyl (C=O) groups excluding carboxylic acids is 1. The van der Waals surface area contributed by atoms with E-state index in [1.165, 1.54) is 42.7 Å². The Labute approximate surface area is 163 Å². The summed E-state index contributed by atoms with van der Waals surface area (Å²) in [6.45, 7) is 2.92. The molecule has 0 amide bonds. The Morgan fingerprint density at radius 2 is 1.81 bits per heavy atom. The van der Waals surface area contributed by atoms with Crippen molar-refractivity contribution in [2.45, 2.75) is 19.8 Å². The van der Waals surface area contributed by atoms with Gasteiger partial charge < -0.3 is 10.2 Å². The van der Waals surface area contributed by atoms with Crippen LogP contribution in [-0.4, -0.2) is 26.7 Å². The van der Waals surface area contributed by atoms with E-state index in [1.807, 2.05) is 0 Å². The molecule has 1 unspecified atom stereocenters. The van der Waals surface area contributed by atoms with Crippen LogP contribution in [0.15, 0.2) is 30.3 Å². The van der Waals surface area contributed by atoms with Gasteiger partial charge >= 0.3 is 5.97 Å². The highest BCUT2D eigenvalue weighted by Crippen LogP contribution is 2.37. The normalized spacial score (nSPS) is 12.3. The van der Waals surface area contributed by atoms with E-state index in [0.717, 1.165) is 6.07 Å². The Hall–Kier alpha value is -2.57. The molecule has 0 aliphatic heterocycles. The molecule has 27 heavy (non-hydrogen) atoms. The van der Waals surface area contributed by atoms with Crippen molar-refractivity contribution >= 4 is 46.0 Å². The number of hydrogen-bond donors (Lipinski definition) is 2. The van der Waals surface area contributed by atoms with E-state index in [9.17, 15) is 24.2 Å². The Bertz CT molecular complexity index is 1110. The molecular weight excluding hydrogens is 396 g/mol. The van der Waals surface area contributed by atoms with E-state index < -0.39 is 29.4 Å². The van der Waals surface area contributed by atoms with Gasteiger partial charge in [-0.2, -0.15) is 0 Å². The minimum absolute atomic E-state index is 0.101. The van der Waals surface area contributed by atoms with Crippen LogP contribution in [0.25, 0.3) is 10.9 Å². The number of carbonyl (C=O) groups is 2. The summed E-state index contributed by atoms with van der Waals surface area (Å²) >= 11 is 11.9. The molecule has 1 aromatic heterocycles. The minimum atomic E-state index is -1.18. The number of fused-ring (bicyclic) bond motifs is 1. The number of aromatic nitrogens is 1. The zero-order valence-electron chi connectivity index (χ0n) is 14.3. The fraction of sp³-hybridized carbons (Fsp3) is 0.158. The van der Waals surface area contributed by atoms with E-state index in [-0.39, 0.29) is 37.8 Å². The van der Waals surface area contributed by atoms with E-state index in [2.05, 4.69) is 0 Å². The second kappa shape index (κ2) is 6.87. The van der Waals surface area contributed by atoms with E-state index in [4.69, 9.17) is 23.2 Å². The van der Waals surface area contributed by atoms with Gasteiger partial charge in [0.05, 0.1) is 21.5 Å². The number of hydrogen-bond acceptors (Lipinski definition) is 3. The summed E-state index contributed by atoms with van der Waals surface area (Å²) in [4.78, 5) is 24.6. The van der Waals surface area contributed by atoms with Gasteiger partial charge in [-0.05, 0) is 49.7 Å². The van der Waals surface area contributed by atoms with Crippen molar-refractivity contribution in [1.29, 1.82) is 0 Å². The lowest BCUT2D eigenvalue weighted by molar-refractivity contribution is -0.138. The quantitative estimate of drug-likeness (QED) is 0.639. The zero-order valence-corrected chi connectivity index (χ0v) is 15.8. The number of phenolic OH excluding ortho intramolecular Hbond substituents is 1. The molecule has 3 aromatic rings. The van der Waals surface area contributed by atoms with Crippen molar-refractivity contribution in [1.82, 2.24) is 4.57 Å². The molecule has 1 heterocycles. The van der Waals surface area contributed by atoms with E-state index in [0.29, 0.717) is 0 Å². The van der Waals surface area contributed by atoms with Gasteiger partial charge in [-0.15, -0.1) is 0 Å². The fourth-order valence-corrected chi connectivity index (χ4v) is 3.45. The molecule has 2 aromatic carbocycles. The number of halogens is 3. The first kappa shape index (κ1) is 19.2. The monoisotopic (exact) mass is 409 g/mol. The van der Waals surface area contributed by atoms with E-state index in [1.54, 1.807) is 0 Å². The van der Waals surface area contributed by atoms with Gasteiger partial charge in [-0.1, -0.05) is 23.2 Å². The number of aromatic hydroxyl groups is 1. The molecule has 0 bridgehead atoms. The summed E-state index contributed by atoms with van der Waals surface area (Å²) in [5, 5.41) is 19.5. The number of benzene rings is 2. The van der Waals surface area contributed by atoms with Crippen LogP contribution in [0.2, 0.25) is 10.0 Å². The molecule has 3 rings (SSSR count). The lowest BCUT2D eigenvalue weighted by atomic mass is 9.97. The number of carboxylic acids is 1. The van der Waals surface area contributed by atoms with Crippen molar-refractivity contribution in [3.63, 3.8) is 0 Å². The van der Waals surface area contributed by atoms with Gasteiger partial charge in [0, 0.05) is 16.6 Å². The molecule has 0 spiro atoms. The lowest BCUT2D eigenvalue weighted by Crippen LogP contribution is -2.15. The SMILES string of the molecule is Cc1c(C(C)C(=O)O)c2c(F)c(O)ccc2n1C(=O)c1ccc(Cl)c(Cl)c1. The molecule has 8 heteroatoms. The van der Waals surface area contributed by atoms with Crippen molar-refractivity contribution in [3.05, 3.63) is 63.0 Å². The number of carboxylic acid groups (broad SMARTS) is 1. The van der Waals surface area contributed by atoms with Gasteiger partial charge in [0.2, 0.25) is 0 Å². The molecule has 140 valence electrons. The molecule has 0 saturated carbocycles. The number of rotatable bonds is 3. The molecule has 0 aliphatic carbocycles. The minimum Gasteiger partial charge on any atom is -0.505 e. The van der Waals surface area contributed by atoms with Crippen molar-refractivity contribution in [3.8, 4) is 5.75 Å². The summed E-state index contributed by atoms with van der Waals surface area (Å²) in [5.74, 6) is -4.39. The first-order valence-corrected chi connectivity index (χ1v) is 8.65. The maximum atomic E-state index is 14.7. The zero-order chi connectivity index (χ0) is 20.0. The van der Waals surface area contributed by atoms with Crippen LogP contribution in [0.4, 0.5) is 4.39 Å². The van der Waals surface area contributed by atoms with Crippen molar-refractivity contribution in [2.24, 2.45) is 0 Å². The predicted molar refractivity (Wildman–Crippen MR) is 101 cm³/mol. The summed E-state index contributed by atoms with van der Waals surface area (Å²) < 4.78 is 15.9. The maximum Gasteiger partial charge on any atom is 0.310 e. The van der Waals surface area contributed by atoms with Crippen molar-refractivity contribution < 1.29 is 24.2 Å². The van der Waals surface area contributed by atoms with Gasteiger partial charge in [-0.25, -0.2) is 4.39 Å². The van der Waals surface area contributed by atoms with Crippen molar-refractivity contribution in [2.75, 3.05) is 0 Å².